The molecule has 3 aromatic rings. The second-order valence-electron chi connectivity index (χ2n) is 4.90. The number of hydrogen-bond donors (Lipinski definition) is 0. The molecule has 0 saturated heterocycles. The average Bonchev–Trinajstić information content (AvgIpc) is 2.62. The molecule has 23 heavy (non-hydrogen) atoms. The van der Waals surface area contributed by atoms with Crippen LogP contribution in [-0.2, 0) is 6.61 Å². The van der Waals surface area contributed by atoms with E-state index in [1.807, 2.05) is 48.5 Å². The number of hydrogen-bond acceptors (Lipinski definition) is 4. The second-order valence-corrected chi connectivity index (χ2v) is 4.90. The minimum Gasteiger partial charge on any atom is -0.489 e. The van der Waals surface area contributed by atoms with Gasteiger partial charge in [-0.1, -0.05) is 36.4 Å². The highest BCUT2D eigenvalue weighted by Gasteiger charge is 2.02. The Labute approximate surface area is 134 Å². The van der Waals surface area contributed by atoms with Gasteiger partial charge < -0.3 is 9.47 Å². The van der Waals surface area contributed by atoms with Gasteiger partial charge in [-0.15, -0.1) is 0 Å². The molecule has 0 aliphatic rings. The van der Waals surface area contributed by atoms with Crippen LogP contribution in [0.1, 0.15) is 15.9 Å². The van der Waals surface area contributed by atoms with Gasteiger partial charge in [0.1, 0.15) is 18.1 Å². The van der Waals surface area contributed by atoms with Gasteiger partial charge in [-0.25, -0.2) is 4.98 Å². The molecule has 114 valence electrons. The van der Waals surface area contributed by atoms with Crippen LogP contribution in [0.25, 0.3) is 0 Å². The zero-order valence-electron chi connectivity index (χ0n) is 12.4. The summed E-state index contributed by atoms with van der Waals surface area (Å²) in [6.07, 6.45) is 2.22. The van der Waals surface area contributed by atoms with Crippen LogP contribution in [0.2, 0.25) is 0 Å². The smallest absolute Gasteiger partial charge is 0.219 e. The Kier molecular flexibility index (Phi) is 4.64. The Bertz CT molecular complexity index is 770. The summed E-state index contributed by atoms with van der Waals surface area (Å²) in [4.78, 5) is 14.7. The maximum Gasteiger partial charge on any atom is 0.219 e. The molecule has 4 heteroatoms. The van der Waals surface area contributed by atoms with Gasteiger partial charge in [0.2, 0.25) is 5.88 Å². The van der Waals surface area contributed by atoms with Crippen LogP contribution in [0.4, 0.5) is 0 Å². The topological polar surface area (TPSA) is 48.4 Å². The van der Waals surface area contributed by atoms with E-state index >= 15 is 0 Å². The number of ether oxygens (including phenoxy) is 2. The molecule has 0 atom stereocenters. The highest BCUT2D eigenvalue weighted by atomic mass is 16.5. The maximum atomic E-state index is 10.6. The van der Waals surface area contributed by atoms with Crippen molar-refractivity contribution in [3.63, 3.8) is 0 Å². The molecule has 0 bridgehead atoms. The number of carbonyl (C=O) groups excluding carboxylic acids is 1. The predicted molar refractivity (Wildman–Crippen MR) is 86.9 cm³/mol. The van der Waals surface area contributed by atoms with Crippen LogP contribution < -0.4 is 9.47 Å². The first kappa shape index (κ1) is 14.8. The molecule has 1 heterocycles. The number of nitrogens with zero attached hydrogens (tertiary/aromatic N) is 1. The van der Waals surface area contributed by atoms with Crippen molar-refractivity contribution in [2.45, 2.75) is 6.61 Å². The van der Waals surface area contributed by atoms with Crippen molar-refractivity contribution in [1.82, 2.24) is 4.98 Å². The third-order valence-corrected chi connectivity index (χ3v) is 3.17. The number of pyridine rings is 1. The van der Waals surface area contributed by atoms with Gasteiger partial charge in [0.25, 0.3) is 0 Å². The van der Waals surface area contributed by atoms with Gasteiger partial charge in [-0.2, -0.15) is 0 Å². The molecule has 0 spiro atoms. The summed E-state index contributed by atoms with van der Waals surface area (Å²) in [5, 5.41) is 0. The largest absolute Gasteiger partial charge is 0.489 e. The molecule has 0 radical (unpaired) electrons. The van der Waals surface area contributed by atoms with E-state index in [2.05, 4.69) is 4.98 Å². The lowest BCUT2D eigenvalue weighted by molar-refractivity contribution is 0.112. The monoisotopic (exact) mass is 305 g/mol. The molecule has 2 aromatic carbocycles. The van der Waals surface area contributed by atoms with Crippen molar-refractivity contribution >= 4 is 6.29 Å². The van der Waals surface area contributed by atoms with Gasteiger partial charge in [0, 0.05) is 23.9 Å². The van der Waals surface area contributed by atoms with E-state index in [1.54, 1.807) is 18.2 Å². The van der Waals surface area contributed by atoms with E-state index in [1.165, 1.54) is 6.20 Å². The minimum absolute atomic E-state index is 0.427. The van der Waals surface area contributed by atoms with Crippen molar-refractivity contribution < 1.29 is 14.3 Å². The molecule has 0 saturated carbocycles. The Hall–Kier alpha value is -3.14. The fraction of sp³-hybridized carbons (Fsp3) is 0.0526. The standard InChI is InChI=1S/C19H15NO3/c21-13-16-9-10-19(20-12-16)23-18-8-4-7-17(11-18)22-14-15-5-2-1-3-6-15/h1-13H,14H2. The van der Waals surface area contributed by atoms with Gasteiger partial charge in [-0.05, 0) is 23.8 Å². The van der Waals surface area contributed by atoms with Crippen molar-refractivity contribution in [3.05, 3.63) is 84.1 Å². The Morgan fingerprint density at radius 2 is 1.74 bits per heavy atom. The molecule has 4 nitrogen and oxygen atoms in total. The SMILES string of the molecule is O=Cc1ccc(Oc2cccc(OCc3ccccc3)c2)nc1. The third kappa shape index (κ3) is 4.17. The number of aromatic nitrogens is 1. The molecular weight excluding hydrogens is 290 g/mol. The fourth-order valence-corrected chi connectivity index (χ4v) is 2.01. The third-order valence-electron chi connectivity index (χ3n) is 3.17. The zero-order chi connectivity index (χ0) is 15.9. The molecule has 0 fully saturated rings. The first-order valence-electron chi connectivity index (χ1n) is 7.19. The zero-order valence-corrected chi connectivity index (χ0v) is 12.4. The van der Waals surface area contributed by atoms with E-state index in [0.29, 0.717) is 23.8 Å². The lowest BCUT2D eigenvalue weighted by Gasteiger charge is -2.09. The second kappa shape index (κ2) is 7.22. The van der Waals surface area contributed by atoms with E-state index in [0.717, 1.165) is 17.6 Å². The Morgan fingerprint density at radius 3 is 2.48 bits per heavy atom. The summed E-state index contributed by atoms with van der Waals surface area (Å²) >= 11 is 0. The highest BCUT2D eigenvalue weighted by Crippen LogP contribution is 2.24. The molecule has 1 aromatic heterocycles. The normalized spacial score (nSPS) is 10.1. The minimum atomic E-state index is 0.427. The highest BCUT2D eigenvalue weighted by molar-refractivity contribution is 5.74. The molecular formula is C19H15NO3. The van der Waals surface area contributed by atoms with E-state index in [4.69, 9.17) is 9.47 Å². The average molecular weight is 305 g/mol. The Balaban J connectivity index is 1.65. The van der Waals surface area contributed by atoms with Crippen LogP contribution in [0.3, 0.4) is 0 Å². The van der Waals surface area contributed by atoms with Crippen LogP contribution >= 0.6 is 0 Å². The molecule has 0 aliphatic carbocycles. The van der Waals surface area contributed by atoms with Gasteiger partial charge >= 0.3 is 0 Å². The first-order valence-corrected chi connectivity index (χ1v) is 7.19. The first-order chi connectivity index (χ1) is 11.3. The number of aldehydes is 1. The van der Waals surface area contributed by atoms with Crippen molar-refractivity contribution in [2.24, 2.45) is 0 Å². The summed E-state index contributed by atoms with van der Waals surface area (Å²) in [5.41, 5.74) is 1.61. The fourth-order valence-electron chi connectivity index (χ4n) is 2.01. The van der Waals surface area contributed by atoms with Gasteiger partial charge in [-0.3, -0.25) is 4.79 Å². The van der Waals surface area contributed by atoms with Gasteiger partial charge in [0.05, 0.1) is 0 Å². The lowest BCUT2D eigenvalue weighted by atomic mass is 10.2. The lowest BCUT2D eigenvalue weighted by Crippen LogP contribution is -1.95. The molecule has 0 unspecified atom stereocenters. The van der Waals surface area contributed by atoms with Crippen LogP contribution in [-0.4, -0.2) is 11.3 Å². The van der Waals surface area contributed by atoms with Crippen molar-refractivity contribution in [2.75, 3.05) is 0 Å². The molecule has 0 aliphatic heterocycles. The molecule has 0 amide bonds. The quantitative estimate of drug-likeness (QED) is 0.638. The summed E-state index contributed by atoms with van der Waals surface area (Å²) in [5.74, 6) is 1.77. The summed E-state index contributed by atoms with van der Waals surface area (Å²) in [6, 6.07) is 20.6. The van der Waals surface area contributed by atoms with E-state index < -0.39 is 0 Å². The molecule has 0 N–H and O–H groups in total. The van der Waals surface area contributed by atoms with Crippen LogP contribution in [0, 0.1) is 0 Å². The number of carbonyl (C=O) groups is 1. The summed E-state index contributed by atoms with van der Waals surface area (Å²) < 4.78 is 11.4. The molecule has 3 rings (SSSR count). The van der Waals surface area contributed by atoms with Crippen LogP contribution in [0.15, 0.2) is 72.9 Å². The summed E-state index contributed by atoms with van der Waals surface area (Å²) in [6.45, 7) is 0.497. The number of rotatable bonds is 6. The van der Waals surface area contributed by atoms with Crippen LogP contribution in [0.5, 0.6) is 17.4 Å². The maximum absolute atomic E-state index is 10.6. The van der Waals surface area contributed by atoms with Crippen molar-refractivity contribution in [1.29, 1.82) is 0 Å². The van der Waals surface area contributed by atoms with Crippen molar-refractivity contribution in [3.8, 4) is 17.4 Å². The summed E-state index contributed by atoms with van der Waals surface area (Å²) in [7, 11) is 0. The predicted octanol–water partition coefficient (Wildman–Crippen LogP) is 4.27. The van der Waals surface area contributed by atoms with Gasteiger partial charge in [0.15, 0.2) is 6.29 Å². The Morgan fingerprint density at radius 1 is 0.913 bits per heavy atom. The number of benzene rings is 2. The van der Waals surface area contributed by atoms with E-state index in [9.17, 15) is 4.79 Å². The van der Waals surface area contributed by atoms with E-state index in [-0.39, 0.29) is 0 Å².